The van der Waals surface area contributed by atoms with Gasteiger partial charge in [-0.2, -0.15) is 4.98 Å². The second-order valence-electron chi connectivity index (χ2n) is 6.36. The van der Waals surface area contributed by atoms with Crippen molar-refractivity contribution in [2.45, 2.75) is 25.4 Å². The number of amides is 1. The molecule has 138 valence electrons. The molecule has 7 heteroatoms. The van der Waals surface area contributed by atoms with Crippen molar-refractivity contribution in [3.8, 4) is 17.1 Å². The first-order valence-electron chi connectivity index (χ1n) is 8.66. The molecule has 1 aromatic heterocycles. The van der Waals surface area contributed by atoms with Crippen LogP contribution >= 0.6 is 15.9 Å². The minimum Gasteiger partial charge on any atom is -0.496 e. The van der Waals surface area contributed by atoms with Crippen LogP contribution in [0.3, 0.4) is 0 Å². The van der Waals surface area contributed by atoms with E-state index in [4.69, 9.17) is 9.26 Å². The first-order chi connectivity index (χ1) is 13.2. The smallest absolute Gasteiger partial charge is 0.249 e. The molecule has 0 aliphatic carbocycles. The van der Waals surface area contributed by atoms with Gasteiger partial charge in [0.05, 0.1) is 12.7 Å². The molecule has 4 rings (SSSR count). The molecular formula is C20H18BrN3O3. The van der Waals surface area contributed by atoms with Gasteiger partial charge in [0.25, 0.3) is 0 Å². The monoisotopic (exact) mass is 427 g/mol. The molecule has 1 saturated heterocycles. The number of rotatable bonds is 5. The molecule has 2 heterocycles. The van der Waals surface area contributed by atoms with Crippen molar-refractivity contribution >= 4 is 21.8 Å². The summed E-state index contributed by atoms with van der Waals surface area (Å²) in [5.74, 6) is 1.69. The van der Waals surface area contributed by atoms with E-state index in [1.54, 1.807) is 12.0 Å². The van der Waals surface area contributed by atoms with Gasteiger partial charge in [-0.25, -0.2) is 0 Å². The SMILES string of the molecule is COc1ccccc1-c1noc(C2CCC(=O)N2Cc2cccc(Br)c2)n1. The fourth-order valence-corrected chi connectivity index (χ4v) is 3.78. The standard InChI is InChI=1S/C20H18BrN3O3/c1-26-17-8-3-2-7-15(17)19-22-20(27-23-19)16-9-10-18(25)24(16)12-13-5-4-6-14(21)11-13/h2-8,11,16H,9-10,12H2,1H3. The number of aromatic nitrogens is 2. The largest absolute Gasteiger partial charge is 0.496 e. The van der Waals surface area contributed by atoms with Crippen LogP contribution in [-0.2, 0) is 11.3 Å². The number of nitrogens with zero attached hydrogens (tertiary/aromatic N) is 3. The Balaban J connectivity index is 1.61. The molecule has 0 N–H and O–H groups in total. The summed E-state index contributed by atoms with van der Waals surface area (Å²) in [6.45, 7) is 0.509. The number of hydrogen-bond acceptors (Lipinski definition) is 5. The summed E-state index contributed by atoms with van der Waals surface area (Å²) in [7, 11) is 1.61. The third-order valence-electron chi connectivity index (χ3n) is 4.64. The Labute approximate surface area is 165 Å². The Morgan fingerprint density at radius 3 is 2.93 bits per heavy atom. The van der Waals surface area contributed by atoms with Crippen molar-refractivity contribution in [2.75, 3.05) is 7.11 Å². The Morgan fingerprint density at radius 2 is 2.11 bits per heavy atom. The third-order valence-corrected chi connectivity index (χ3v) is 5.14. The number of hydrogen-bond donors (Lipinski definition) is 0. The minimum atomic E-state index is -0.215. The van der Waals surface area contributed by atoms with Crippen LogP contribution in [-0.4, -0.2) is 28.1 Å². The molecule has 1 atom stereocenters. The second kappa shape index (κ2) is 7.52. The molecule has 3 aromatic rings. The number of carbonyl (C=O) groups is 1. The fraction of sp³-hybridized carbons (Fsp3) is 0.250. The van der Waals surface area contributed by atoms with E-state index in [1.807, 2.05) is 48.5 Å². The first-order valence-corrected chi connectivity index (χ1v) is 9.46. The van der Waals surface area contributed by atoms with Crippen molar-refractivity contribution < 1.29 is 14.1 Å². The summed E-state index contributed by atoms with van der Waals surface area (Å²) in [6, 6.07) is 15.2. The number of methoxy groups -OCH3 is 1. The molecule has 2 aromatic carbocycles. The summed E-state index contributed by atoms with van der Waals surface area (Å²) < 4.78 is 11.9. The van der Waals surface area contributed by atoms with Crippen molar-refractivity contribution in [3.63, 3.8) is 0 Å². The van der Waals surface area contributed by atoms with E-state index < -0.39 is 0 Å². The maximum Gasteiger partial charge on any atom is 0.249 e. The average molecular weight is 428 g/mol. The Morgan fingerprint density at radius 1 is 1.26 bits per heavy atom. The molecule has 6 nitrogen and oxygen atoms in total. The van der Waals surface area contributed by atoms with Gasteiger partial charge in [-0.15, -0.1) is 0 Å². The van der Waals surface area contributed by atoms with Crippen LogP contribution < -0.4 is 4.74 Å². The molecule has 27 heavy (non-hydrogen) atoms. The Kier molecular flexibility index (Phi) is 4.94. The van der Waals surface area contributed by atoms with Crippen LogP contribution in [0, 0.1) is 0 Å². The van der Waals surface area contributed by atoms with E-state index in [0.29, 0.717) is 36.9 Å². The Bertz CT molecular complexity index is 972. The van der Waals surface area contributed by atoms with Gasteiger partial charge in [-0.1, -0.05) is 45.4 Å². The summed E-state index contributed by atoms with van der Waals surface area (Å²) in [5.41, 5.74) is 1.81. The predicted octanol–water partition coefficient (Wildman–Crippen LogP) is 4.37. The van der Waals surface area contributed by atoms with Crippen LogP contribution in [0.15, 0.2) is 57.5 Å². The van der Waals surface area contributed by atoms with E-state index in [9.17, 15) is 4.79 Å². The van der Waals surface area contributed by atoms with Crippen molar-refractivity contribution in [1.82, 2.24) is 15.0 Å². The summed E-state index contributed by atoms with van der Waals surface area (Å²) in [5, 5.41) is 4.11. The van der Waals surface area contributed by atoms with Crippen molar-refractivity contribution in [1.29, 1.82) is 0 Å². The van der Waals surface area contributed by atoms with Gasteiger partial charge < -0.3 is 14.2 Å². The number of ether oxygens (including phenoxy) is 1. The lowest BCUT2D eigenvalue weighted by atomic mass is 10.1. The second-order valence-corrected chi connectivity index (χ2v) is 7.28. The highest BCUT2D eigenvalue weighted by Crippen LogP contribution is 2.35. The zero-order chi connectivity index (χ0) is 18.8. The quantitative estimate of drug-likeness (QED) is 0.604. The Hall–Kier alpha value is -2.67. The highest BCUT2D eigenvalue weighted by molar-refractivity contribution is 9.10. The molecule has 1 fully saturated rings. The topological polar surface area (TPSA) is 68.5 Å². The molecule has 0 bridgehead atoms. The van der Waals surface area contributed by atoms with Gasteiger partial charge in [0, 0.05) is 17.4 Å². The molecule has 1 aliphatic rings. The van der Waals surface area contributed by atoms with Gasteiger partial charge in [0.2, 0.25) is 17.6 Å². The van der Waals surface area contributed by atoms with Crippen LogP contribution in [0.2, 0.25) is 0 Å². The summed E-state index contributed by atoms with van der Waals surface area (Å²) in [6.07, 6.45) is 1.14. The van der Waals surface area contributed by atoms with E-state index in [1.165, 1.54) is 0 Å². The lowest BCUT2D eigenvalue weighted by molar-refractivity contribution is -0.129. The highest BCUT2D eigenvalue weighted by Gasteiger charge is 2.36. The van der Waals surface area contributed by atoms with E-state index >= 15 is 0 Å². The van der Waals surface area contributed by atoms with Gasteiger partial charge in [-0.05, 0) is 36.2 Å². The zero-order valence-corrected chi connectivity index (χ0v) is 16.3. The normalized spacial score (nSPS) is 16.7. The van der Waals surface area contributed by atoms with Gasteiger partial charge >= 0.3 is 0 Å². The molecule has 0 saturated carbocycles. The van der Waals surface area contributed by atoms with E-state index in [-0.39, 0.29) is 11.9 Å². The fourth-order valence-electron chi connectivity index (χ4n) is 3.33. The summed E-state index contributed by atoms with van der Waals surface area (Å²) >= 11 is 3.47. The van der Waals surface area contributed by atoms with Crippen molar-refractivity contribution in [2.24, 2.45) is 0 Å². The molecular weight excluding hydrogens is 410 g/mol. The van der Waals surface area contributed by atoms with Crippen LogP contribution in [0.1, 0.15) is 30.3 Å². The molecule has 0 radical (unpaired) electrons. The van der Waals surface area contributed by atoms with Crippen LogP contribution in [0.5, 0.6) is 5.75 Å². The predicted molar refractivity (Wildman–Crippen MR) is 103 cm³/mol. The number of carbonyl (C=O) groups excluding carboxylic acids is 1. The molecule has 1 amide bonds. The maximum absolute atomic E-state index is 12.4. The van der Waals surface area contributed by atoms with Crippen molar-refractivity contribution in [3.05, 3.63) is 64.5 Å². The average Bonchev–Trinajstić information content (AvgIpc) is 3.29. The molecule has 0 spiro atoms. The van der Waals surface area contributed by atoms with Gasteiger partial charge in [0.15, 0.2) is 0 Å². The lowest BCUT2D eigenvalue weighted by Gasteiger charge is -2.22. The number of para-hydroxylation sites is 1. The number of halogens is 1. The van der Waals surface area contributed by atoms with Crippen LogP contribution in [0.4, 0.5) is 0 Å². The van der Waals surface area contributed by atoms with Gasteiger partial charge in [0.1, 0.15) is 11.8 Å². The van der Waals surface area contributed by atoms with E-state index in [2.05, 4.69) is 26.1 Å². The van der Waals surface area contributed by atoms with Crippen LogP contribution in [0.25, 0.3) is 11.4 Å². The highest BCUT2D eigenvalue weighted by atomic mass is 79.9. The molecule has 1 unspecified atom stereocenters. The number of likely N-dealkylation sites (tertiary alicyclic amines) is 1. The maximum atomic E-state index is 12.4. The minimum absolute atomic E-state index is 0.0945. The zero-order valence-electron chi connectivity index (χ0n) is 14.8. The first kappa shape index (κ1) is 17.7. The van der Waals surface area contributed by atoms with E-state index in [0.717, 1.165) is 15.6 Å². The molecule has 1 aliphatic heterocycles. The summed E-state index contributed by atoms with van der Waals surface area (Å²) in [4.78, 5) is 18.8. The number of benzene rings is 2. The lowest BCUT2D eigenvalue weighted by Crippen LogP contribution is -2.27. The van der Waals surface area contributed by atoms with Gasteiger partial charge in [-0.3, -0.25) is 4.79 Å². The third kappa shape index (κ3) is 3.60.